The van der Waals surface area contributed by atoms with Gasteiger partial charge in [-0.15, -0.1) is 5.10 Å². The standard InChI is InChI=1S/C17H22ClF3N6/c18-13-3-1-12(2-4-13)5-8-27(11-17(19,20)21)14-6-9-26(10-7-14)16-23-15(22)24-25-16/h1-4,14H,5-11H2,(H3,22,23,24,25). The molecule has 10 heteroatoms. The van der Waals surface area contributed by atoms with Crippen molar-refractivity contribution in [3.63, 3.8) is 0 Å². The fraction of sp³-hybridized carbons (Fsp3) is 0.529. The highest BCUT2D eigenvalue weighted by atomic mass is 35.5. The first kappa shape index (κ1) is 19.8. The molecule has 0 aliphatic carbocycles. The predicted octanol–water partition coefficient (Wildman–Crippen LogP) is 3.12. The summed E-state index contributed by atoms with van der Waals surface area (Å²) in [6.07, 6.45) is -2.45. The lowest BCUT2D eigenvalue weighted by molar-refractivity contribution is -0.151. The maximum Gasteiger partial charge on any atom is 0.401 e. The smallest absolute Gasteiger partial charge is 0.368 e. The summed E-state index contributed by atoms with van der Waals surface area (Å²) in [5.74, 6) is 0.725. The van der Waals surface area contributed by atoms with Crippen LogP contribution in [0.25, 0.3) is 0 Å². The van der Waals surface area contributed by atoms with E-state index >= 15 is 0 Å². The van der Waals surface area contributed by atoms with Gasteiger partial charge in [0.25, 0.3) is 0 Å². The molecular formula is C17H22ClF3N6. The van der Waals surface area contributed by atoms with Gasteiger partial charge in [-0.2, -0.15) is 18.2 Å². The van der Waals surface area contributed by atoms with E-state index in [0.29, 0.717) is 49.9 Å². The average Bonchev–Trinajstić information content (AvgIpc) is 3.06. The van der Waals surface area contributed by atoms with Crippen molar-refractivity contribution in [3.8, 4) is 0 Å². The van der Waals surface area contributed by atoms with Gasteiger partial charge in [-0.25, -0.2) is 5.10 Å². The van der Waals surface area contributed by atoms with Crippen LogP contribution in [0, 0.1) is 0 Å². The zero-order chi connectivity index (χ0) is 19.4. The van der Waals surface area contributed by atoms with Crippen LogP contribution in [-0.2, 0) is 6.42 Å². The lowest BCUT2D eigenvalue weighted by Gasteiger charge is -2.38. The third-order valence-electron chi connectivity index (χ3n) is 4.74. The molecule has 1 fully saturated rings. The zero-order valence-electron chi connectivity index (χ0n) is 14.7. The molecule has 2 aromatic rings. The van der Waals surface area contributed by atoms with Gasteiger partial charge in [0, 0.05) is 30.7 Å². The summed E-state index contributed by atoms with van der Waals surface area (Å²) in [5.41, 5.74) is 6.51. The summed E-state index contributed by atoms with van der Waals surface area (Å²) in [5, 5.41) is 7.21. The molecule has 1 aromatic heterocycles. The number of hydrogen-bond donors (Lipinski definition) is 2. The minimum absolute atomic E-state index is 0.133. The monoisotopic (exact) mass is 402 g/mol. The second-order valence-electron chi connectivity index (χ2n) is 6.70. The van der Waals surface area contributed by atoms with Crippen LogP contribution in [0.4, 0.5) is 25.1 Å². The Hall–Kier alpha value is -2.00. The van der Waals surface area contributed by atoms with E-state index in [1.165, 1.54) is 4.90 Å². The van der Waals surface area contributed by atoms with Gasteiger partial charge < -0.3 is 10.6 Å². The highest BCUT2D eigenvalue weighted by molar-refractivity contribution is 6.30. The summed E-state index contributed by atoms with van der Waals surface area (Å²) < 4.78 is 39.2. The van der Waals surface area contributed by atoms with E-state index < -0.39 is 12.7 Å². The molecule has 2 heterocycles. The van der Waals surface area contributed by atoms with Crippen LogP contribution in [0.2, 0.25) is 5.02 Å². The molecule has 1 aliphatic heterocycles. The van der Waals surface area contributed by atoms with Crippen molar-refractivity contribution >= 4 is 23.5 Å². The Morgan fingerprint density at radius 3 is 2.44 bits per heavy atom. The van der Waals surface area contributed by atoms with Crippen molar-refractivity contribution in [1.82, 2.24) is 20.1 Å². The second kappa shape index (κ2) is 8.35. The quantitative estimate of drug-likeness (QED) is 0.776. The Labute approximate surface area is 160 Å². The number of aromatic amines is 1. The van der Waals surface area contributed by atoms with Crippen LogP contribution < -0.4 is 10.6 Å². The molecule has 0 unspecified atom stereocenters. The molecule has 1 aromatic carbocycles. The second-order valence-corrected chi connectivity index (χ2v) is 7.14. The molecular weight excluding hydrogens is 381 g/mol. The first-order chi connectivity index (χ1) is 12.8. The number of anilines is 2. The van der Waals surface area contributed by atoms with Gasteiger partial charge in [0.1, 0.15) is 0 Å². The SMILES string of the molecule is Nc1nc(N2CCC(N(CCc3ccc(Cl)cc3)CC(F)(F)F)CC2)n[nH]1. The highest BCUT2D eigenvalue weighted by Gasteiger charge is 2.35. The molecule has 0 radical (unpaired) electrons. The number of aromatic nitrogens is 3. The number of hydrogen-bond acceptors (Lipinski definition) is 5. The topological polar surface area (TPSA) is 74.1 Å². The lowest BCUT2D eigenvalue weighted by atomic mass is 10.0. The molecule has 148 valence electrons. The molecule has 1 aliphatic rings. The van der Waals surface area contributed by atoms with Crippen LogP contribution in [-0.4, -0.2) is 58.5 Å². The first-order valence-electron chi connectivity index (χ1n) is 8.78. The summed E-state index contributed by atoms with van der Waals surface area (Å²) in [4.78, 5) is 7.56. The van der Waals surface area contributed by atoms with E-state index in [4.69, 9.17) is 17.3 Å². The van der Waals surface area contributed by atoms with E-state index in [2.05, 4.69) is 15.2 Å². The summed E-state index contributed by atoms with van der Waals surface area (Å²) in [6.45, 7) is 0.632. The largest absolute Gasteiger partial charge is 0.401 e. The summed E-state index contributed by atoms with van der Waals surface area (Å²) in [7, 11) is 0. The minimum atomic E-state index is -4.23. The first-order valence-corrected chi connectivity index (χ1v) is 9.16. The fourth-order valence-electron chi connectivity index (χ4n) is 3.38. The molecule has 0 amide bonds. The van der Waals surface area contributed by atoms with E-state index in [1.54, 1.807) is 12.1 Å². The molecule has 6 nitrogen and oxygen atoms in total. The van der Waals surface area contributed by atoms with Crippen molar-refractivity contribution < 1.29 is 13.2 Å². The Bertz CT molecular complexity index is 725. The van der Waals surface area contributed by atoms with Gasteiger partial charge in [0.2, 0.25) is 11.9 Å². The maximum absolute atomic E-state index is 13.1. The number of nitrogens with one attached hydrogen (secondary N) is 1. The Morgan fingerprint density at radius 1 is 1.22 bits per heavy atom. The van der Waals surface area contributed by atoms with Crippen molar-refractivity contribution in [2.75, 3.05) is 36.8 Å². The molecule has 3 N–H and O–H groups in total. The average molecular weight is 403 g/mol. The fourth-order valence-corrected chi connectivity index (χ4v) is 3.51. The highest BCUT2D eigenvalue weighted by Crippen LogP contribution is 2.25. The Morgan fingerprint density at radius 2 is 1.89 bits per heavy atom. The van der Waals surface area contributed by atoms with Crippen molar-refractivity contribution in [3.05, 3.63) is 34.9 Å². The normalized spacial score (nSPS) is 16.3. The minimum Gasteiger partial charge on any atom is -0.368 e. The van der Waals surface area contributed by atoms with Gasteiger partial charge in [-0.05, 0) is 37.0 Å². The molecule has 27 heavy (non-hydrogen) atoms. The number of nitrogens with zero attached hydrogens (tertiary/aromatic N) is 4. The molecule has 0 atom stereocenters. The number of rotatable bonds is 6. The third-order valence-corrected chi connectivity index (χ3v) is 4.99. The van der Waals surface area contributed by atoms with E-state index in [1.807, 2.05) is 17.0 Å². The summed E-state index contributed by atoms with van der Waals surface area (Å²) >= 11 is 5.86. The molecule has 0 saturated carbocycles. The number of alkyl halides is 3. The van der Waals surface area contributed by atoms with Crippen LogP contribution in [0.1, 0.15) is 18.4 Å². The van der Waals surface area contributed by atoms with Crippen molar-refractivity contribution in [2.24, 2.45) is 0 Å². The van der Waals surface area contributed by atoms with E-state index in [-0.39, 0.29) is 12.0 Å². The lowest BCUT2D eigenvalue weighted by Crippen LogP contribution is -2.49. The molecule has 0 bridgehead atoms. The van der Waals surface area contributed by atoms with Crippen LogP contribution in [0.15, 0.2) is 24.3 Å². The number of benzene rings is 1. The van der Waals surface area contributed by atoms with E-state index in [0.717, 1.165) is 5.56 Å². The van der Waals surface area contributed by atoms with Gasteiger partial charge in [0.15, 0.2) is 0 Å². The maximum atomic E-state index is 13.1. The van der Waals surface area contributed by atoms with Gasteiger partial charge in [-0.1, -0.05) is 23.7 Å². The van der Waals surface area contributed by atoms with E-state index in [9.17, 15) is 13.2 Å². The number of nitrogens with two attached hydrogens (primary N) is 1. The van der Waals surface area contributed by atoms with Crippen LogP contribution >= 0.6 is 11.6 Å². The van der Waals surface area contributed by atoms with Gasteiger partial charge >= 0.3 is 6.18 Å². The number of halogens is 4. The van der Waals surface area contributed by atoms with Crippen molar-refractivity contribution in [2.45, 2.75) is 31.5 Å². The predicted molar refractivity (Wildman–Crippen MR) is 98.8 cm³/mol. The molecule has 3 rings (SSSR count). The van der Waals surface area contributed by atoms with Crippen LogP contribution in [0.3, 0.4) is 0 Å². The molecule has 1 saturated heterocycles. The Balaban J connectivity index is 1.60. The van der Waals surface area contributed by atoms with Gasteiger partial charge in [-0.3, -0.25) is 4.90 Å². The Kier molecular flexibility index (Phi) is 6.11. The zero-order valence-corrected chi connectivity index (χ0v) is 15.5. The molecule has 0 spiro atoms. The third kappa shape index (κ3) is 5.74. The van der Waals surface area contributed by atoms with Gasteiger partial charge in [0.05, 0.1) is 6.54 Å². The number of piperidine rings is 1. The summed E-state index contributed by atoms with van der Waals surface area (Å²) in [6, 6.07) is 7.08. The van der Waals surface area contributed by atoms with Crippen LogP contribution in [0.5, 0.6) is 0 Å². The number of H-pyrrole nitrogens is 1. The number of nitrogen functional groups attached to an aromatic ring is 1. The van der Waals surface area contributed by atoms with Crippen molar-refractivity contribution in [1.29, 1.82) is 0 Å².